The molecule has 0 bridgehead atoms. The van der Waals surface area contributed by atoms with E-state index in [1.54, 1.807) is 4.90 Å². The molecule has 152 valence electrons. The molecule has 0 radical (unpaired) electrons. The number of benzene rings is 2. The van der Waals surface area contributed by atoms with E-state index in [2.05, 4.69) is 21.2 Å². The maximum atomic E-state index is 13.3. The molecule has 0 aliphatic carbocycles. The van der Waals surface area contributed by atoms with Gasteiger partial charge in [0.15, 0.2) is 6.17 Å². The summed E-state index contributed by atoms with van der Waals surface area (Å²) in [6.45, 7) is 1.96. The van der Waals surface area contributed by atoms with Crippen LogP contribution in [0.1, 0.15) is 30.1 Å². The van der Waals surface area contributed by atoms with Crippen LogP contribution >= 0.6 is 15.9 Å². The van der Waals surface area contributed by atoms with Crippen molar-refractivity contribution in [3.8, 4) is 0 Å². The molecule has 0 aromatic heterocycles. The van der Waals surface area contributed by atoms with Gasteiger partial charge < -0.3 is 10.2 Å². The Morgan fingerprint density at radius 3 is 2.59 bits per heavy atom. The molecule has 1 unspecified atom stereocenters. The van der Waals surface area contributed by atoms with Gasteiger partial charge in [0, 0.05) is 10.4 Å². The van der Waals surface area contributed by atoms with Crippen LogP contribution in [0, 0.1) is 5.92 Å². The fourth-order valence-corrected chi connectivity index (χ4v) is 4.33. The Labute approximate surface area is 178 Å². The molecule has 29 heavy (non-hydrogen) atoms. The molecule has 2 fully saturated rings. The normalized spacial score (nSPS) is 20.3. The zero-order chi connectivity index (χ0) is 20.2. The zero-order valence-electron chi connectivity index (χ0n) is 16.1. The van der Waals surface area contributed by atoms with Crippen LogP contribution in [0.5, 0.6) is 0 Å². The van der Waals surface area contributed by atoms with E-state index in [9.17, 15) is 9.59 Å². The third-order valence-electron chi connectivity index (χ3n) is 5.40. The first kappa shape index (κ1) is 20.1. The van der Waals surface area contributed by atoms with Gasteiger partial charge in [-0.3, -0.25) is 14.4 Å². The minimum atomic E-state index is -0.564. The molecule has 0 spiro atoms. The minimum absolute atomic E-state index is 0.0237. The van der Waals surface area contributed by atoms with E-state index in [0.29, 0.717) is 0 Å². The van der Waals surface area contributed by atoms with E-state index in [4.69, 9.17) is 4.84 Å². The average molecular weight is 458 g/mol. The smallest absolute Gasteiger partial charge is 0.268 e. The molecule has 2 aromatic carbocycles. The number of nitrogens with zero attached hydrogens (tertiary/aromatic N) is 2. The molecular formula is C22H24BrN3O3. The molecule has 6 nitrogen and oxygen atoms in total. The van der Waals surface area contributed by atoms with Crippen LogP contribution in [0.25, 0.3) is 0 Å². The van der Waals surface area contributed by atoms with Gasteiger partial charge in [0.2, 0.25) is 5.91 Å². The zero-order valence-corrected chi connectivity index (χ0v) is 17.7. The van der Waals surface area contributed by atoms with Crippen molar-refractivity contribution in [2.75, 3.05) is 19.6 Å². The second-order valence-corrected chi connectivity index (χ2v) is 8.31. The highest BCUT2D eigenvalue weighted by Gasteiger charge is 2.44. The topological polar surface area (TPSA) is 61.9 Å². The molecule has 2 aliphatic rings. The molecular weight excluding hydrogens is 434 g/mol. The lowest BCUT2D eigenvalue weighted by Gasteiger charge is -2.32. The highest BCUT2D eigenvalue weighted by molar-refractivity contribution is 9.10. The highest BCUT2D eigenvalue weighted by atomic mass is 79.9. The number of nitrogens with one attached hydrogen (secondary N) is 1. The van der Waals surface area contributed by atoms with Crippen LogP contribution in [0.4, 0.5) is 0 Å². The maximum Gasteiger partial charge on any atom is 0.268 e. The number of carbonyl (C=O) groups excluding carboxylic acids is 2. The lowest BCUT2D eigenvalue weighted by Crippen LogP contribution is -2.42. The van der Waals surface area contributed by atoms with Gasteiger partial charge in [-0.25, -0.2) is 0 Å². The van der Waals surface area contributed by atoms with Gasteiger partial charge in [0.25, 0.3) is 5.91 Å². The van der Waals surface area contributed by atoms with E-state index < -0.39 is 6.17 Å². The van der Waals surface area contributed by atoms with E-state index >= 15 is 0 Å². The predicted molar refractivity (Wildman–Crippen MR) is 112 cm³/mol. The Morgan fingerprint density at radius 1 is 1.10 bits per heavy atom. The molecule has 4 rings (SSSR count). The summed E-state index contributed by atoms with van der Waals surface area (Å²) in [5.41, 5.74) is 1.82. The van der Waals surface area contributed by atoms with Crippen molar-refractivity contribution in [2.45, 2.75) is 25.6 Å². The number of rotatable bonds is 5. The number of hydrogen-bond donors (Lipinski definition) is 1. The summed E-state index contributed by atoms with van der Waals surface area (Å²) >= 11 is 3.50. The van der Waals surface area contributed by atoms with Gasteiger partial charge in [-0.1, -0.05) is 58.4 Å². The van der Waals surface area contributed by atoms with Gasteiger partial charge in [0.1, 0.15) is 13.2 Å². The fourth-order valence-electron chi connectivity index (χ4n) is 3.91. The molecule has 2 heterocycles. The Morgan fingerprint density at radius 2 is 1.86 bits per heavy atom. The summed E-state index contributed by atoms with van der Waals surface area (Å²) in [5.74, 6) is -0.239. The summed E-state index contributed by atoms with van der Waals surface area (Å²) in [6.07, 6.45) is 1.02. The number of piperidine rings is 1. The van der Waals surface area contributed by atoms with Crippen molar-refractivity contribution in [3.05, 3.63) is 70.2 Å². The third-order valence-corrected chi connectivity index (χ3v) is 5.89. The molecule has 2 aliphatic heterocycles. The van der Waals surface area contributed by atoms with Gasteiger partial charge >= 0.3 is 0 Å². The first-order valence-electron chi connectivity index (χ1n) is 9.89. The van der Waals surface area contributed by atoms with Crippen molar-refractivity contribution in [1.82, 2.24) is 15.3 Å². The van der Waals surface area contributed by atoms with Crippen LogP contribution in [-0.2, 0) is 21.0 Å². The summed E-state index contributed by atoms with van der Waals surface area (Å²) in [6, 6.07) is 17.4. The standard InChI is InChI=1S/C22H24BrN3O3/c23-19-8-4-7-18(13-19)21-25(22(28)17-9-11-24-12-10-17)14-20(27)26(21)29-15-16-5-2-1-3-6-16/h1-8,13,17,21,24H,9-12,14-15H2. The van der Waals surface area contributed by atoms with Gasteiger partial charge in [-0.05, 0) is 49.2 Å². The number of hydroxylamine groups is 2. The minimum Gasteiger partial charge on any atom is -0.317 e. The molecule has 7 heteroatoms. The lowest BCUT2D eigenvalue weighted by molar-refractivity contribution is -0.205. The molecule has 2 saturated heterocycles. The molecule has 1 atom stereocenters. The van der Waals surface area contributed by atoms with Crippen molar-refractivity contribution in [2.24, 2.45) is 5.92 Å². The van der Waals surface area contributed by atoms with E-state index in [-0.39, 0.29) is 30.9 Å². The SMILES string of the molecule is O=C(C1CCNCC1)N1CC(=O)N(OCc2ccccc2)C1c1cccc(Br)c1. The third kappa shape index (κ3) is 4.52. The molecule has 2 aromatic rings. The Kier molecular flexibility index (Phi) is 6.28. The van der Waals surface area contributed by atoms with Gasteiger partial charge in [-0.2, -0.15) is 5.06 Å². The summed E-state index contributed by atoms with van der Waals surface area (Å²) in [7, 11) is 0. The van der Waals surface area contributed by atoms with Crippen LogP contribution in [0.3, 0.4) is 0 Å². The Balaban J connectivity index is 1.60. The maximum absolute atomic E-state index is 13.3. The van der Waals surface area contributed by atoms with Crippen LogP contribution in [-0.4, -0.2) is 41.4 Å². The van der Waals surface area contributed by atoms with Crippen molar-refractivity contribution in [1.29, 1.82) is 0 Å². The quantitative estimate of drug-likeness (QED) is 0.748. The van der Waals surface area contributed by atoms with Crippen molar-refractivity contribution < 1.29 is 14.4 Å². The van der Waals surface area contributed by atoms with Gasteiger partial charge in [0.05, 0.1) is 0 Å². The van der Waals surface area contributed by atoms with Crippen molar-refractivity contribution in [3.63, 3.8) is 0 Å². The predicted octanol–water partition coefficient (Wildman–Crippen LogP) is 3.25. The number of halogens is 1. The Bertz CT molecular complexity index is 871. The first-order valence-corrected chi connectivity index (χ1v) is 10.7. The van der Waals surface area contributed by atoms with Crippen LogP contribution in [0.2, 0.25) is 0 Å². The van der Waals surface area contributed by atoms with Gasteiger partial charge in [-0.15, -0.1) is 0 Å². The first-order chi connectivity index (χ1) is 14.1. The number of carbonyl (C=O) groups is 2. The molecule has 1 N–H and O–H groups in total. The second kappa shape index (κ2) is 9.07. The Hall–Kier alpha value is -2.22. The summed E-state index contributed by atoms with van der Waals surface area (Å²) < 4.78 is 0.895. The number of amides is 2. The number of hydrogen-bond acceptors (Lipinski definition) is 4. The van der Waals surface area contributed by atoms with Crippen LogP contribution in [0.15, 0.2) is 59.1 Å². The highest BCUT2D eigenvalue weighted by Crippen LogP contribution is 2.35. The second-order valence-electron chi connectivity index (χ2n) is 7.40. The lowest BCUT2D eigenvalue weighted by atomic mass is 9.96. The monoisotopic (exact) mass is 457 g/mol. The van der Waals surface area contributed by atoms with E-state index in [1.165, 1.54) is 5.06 Å². The fraction of sp³-hybridized carbons (Fsp3) is 0.364. The van der Waals surface area contributed by atoms with Crippen LogP contribution < -0.4 is 5.32 Å². The van der Waals surface area contributed by atoms with Crippen molar-refractivity contribution >= 4 is 27.7 Å². The van der Waals surface area contributed by atoms with E-state index in [0.717, 1.165) is 41.5 Å². The van der Waals surface area contributed by atoms with E-state index in [1.807, 2.05) is 54.6 Å². The summed E-state index contributed by atoms with van der Waals surface area (Å²) in [4.78, 5) is 33.7. The average Bonchev–Trinajstić information content (AvgIpc) is 3.09. The summed E-state index contributed by atoms with van der Waals surface area (Å²) in [5, 5.41) is 4.66. The largest absolute Gasteiger partial charge is 0.317 e. The molecule has 2 amide bonds. The molecule has 0 saturated carbocycles.